The molecule has 0 saturated carbocycles. The molecule has 6 nitrogen and oxygen atoms in total. The molecule has 6 heteroatoms. The molecule has 0 aromatic carbocycles. The zero-order chi connectivity index (χ0) is 11.7. The molecule has 0 rings (SSSR count). The number of nitrogens with one attached hydrogen (secondary N) is 1. The fraction of sp³-hybridized carbons (Fsp3) is 0.889. The smallest absolute Gasteiger partial charge is 0.246 e. The first kappa shape index (κ1) is 14.3. The fourth-order valence-electron chi connectivity index (χ4n) is 0.910. The molecule has 0 saturated heterocycles. The third-order valence-corrected chi connectivity index (χ3v) is 1.89. The van der Waals surface area contributed by atoms with E-state index in [1.54, 1.807) is 0 Å². The van der Waals surface area contributed by atoms with Gasteiger partial charge in [0, 0.05) is 6.61 Å². The Morgan fingerprint density at radius 2 is 1.80 bits per heavy atom. The van der Waals surface area contributed by atoms with Crippen LogP contribution in [0.25, 0.3) is 0 Å². The van der Waals surface area contributed by atoms with Gasteiger partial charge in [-0.15, -0.1) is 0 Å². The molecule has 0 radical (unpaired) electrons. The topological polar surface area (TPSA) is 99.0 Å². The molecule has 90 valence electrons. The number of carbonyl (C=O) groups excluding carboxylic acids is 1. The zero-order valence-electron chi connectivity index (χ0n) is 8.90. The van der Waals surface area contributed by atoms with Crippen molar-refractivity contribution < 1.29 is 24.9 Å². The van der Waals surface area contributed by atoms with Crippen molar-refractivity contribution in [3.05, 3.63) is 0 Å². The van der Waals surface area contributed by atoms with Crippen LogP contribution in [-0.2, 0) is 9.53 Å². The van der Waals surface area contributed by atoms with Crippen molar-refractivity contribution in [3.63, 3.8) is 0 Å². The maximum atomic E-state index is 11.2. The number of amides is 1. The molecule has 0 aliphatic heterocycles. The van der Waals surface area contributed by atoms with E-state index < -0.39 is 31.3 Å². The summed E-state index contributed by atoms with van der Waals surface area (Å²) in [6, 6.07) is 0. The largest absolute Gasteiger partial charge is 0.394 e. The summed E-state index contributed by atoms with van der Waals surface area (Å²) in [4.78, 5) is 11.2. The minimum Gasteiger partial charge on any atom is -0.394 e. The van der Waals surface area contributed by atoms with Gasteiger partial charge in [-0.3, -0.25) is 4.79 Å². The molecule has 0 fully saturated rings. The summed E-state index contributed by atoms with van der Waals surface area (Å²) >= 11 is 0. The van der Waals surface area contributed by atoms with Gasteiger partial charge in [-0.2, -0.15) is 0 Å². The van der Waals surface area contributed by atoms with E-state index in [0.29, 0.717) is 6.61 Å². The van der Waals surface area contributed by atoms with Crippen LogP contribution in [0.2, 0.25) is 0 Å². The first-order valence-corrected chi connectivity index (χ1v) is 4.85. The first-order chi connectivity index (χ1) is 7.14. The maximum Gasteiger partial charge on any atom is 0.246 e. The highest BCUT2D eigenvalue weighted by Crippen LogP contribution is 2.01. The van der Waals surface area contributed by atoms with Crippen LogP contribution in [0.4, 0.5) is 0 Å². The molecule has 15 heavy (non-hydrogen) atoms. The second kappa shape index (κ2) is 7.58. The fourth-order valence-corrected chi connectivity index (χ4v) is 0.910. The summed E-state index contributed by atoms with van der Waals surface area (Å²) in [5, 5.41) is 29.1. The van der Waals surface area contributed by atoms with Crippen molar-refractivity contribution in [1.82, 2.24) is 5.32 Å². The van der Waals surface area contributed by atoms with E-state index in [4.69, 9.17) is 20.1 Å². The van der Waals surface area contributed by atoms with Gasteiger partial charge in [0.1, 0.15) is 12.1 Å². The lowest BCUT2D eigenvalue weighted by atomic mass is 10.0. The number of aliphatic hydroxyl groups is 3. The first-order valence-electron chi connectivity index (χ1n) is 4.85. The Morgan fingerprint density at radius 1 is 1.27 bits per heavy atom. The average Bonchev–Trinajstić information content (AvgIpc) is 2.26. The Morgan fingerprint density at radius 3 is 2.20 bits per heavy atom. The highest BCUT2D eigenvalue weighted by Gasteiger charge is 2.29. The third-order valence-electron chi connectivity index (χ3n) is 1.89. The number of hydrogen-bond donors (Lipinski definition) is 4. The van der Waals surface area contributed by atoms with Crippen LogP contribution in [0.15, 0.2) is 0 Å². The molecular weight excluding hydrogens is 202 g/mol. The van der Waals surface area contributed by atoms with Crippen molar-refractivity contribution >= 4 is 5.91 Å². The summed E-state index contributed by atoms with van der Waals surface area (Å²) in [5.74, 6) is -0.472. The van der Waals surface area contributed by atoms with E-state index in [2.05, 4.69) is 5.32 Å². The summed E-state index contributed by atoms with van der Waals surface area (Å²) in [6.45, 7) is 0.656. The van der Waals surface area contributed by atoms with Crippen LogP contribution in [0.3, 0.4) is 0 Å². The highest BCUT2D eigenvalue weighted by atomic mass is 16.5. The summed E-state index contributed by atoms with van der Waals surface area (Å²) in [6.07, 6.45) is 0.804. The predicted octanol–water partition coefficient (Wildman–Crippen LogP) is -1.76. The van der Waals surface area contributed by atoms with E-state index >= 15 is 0 Å². The lowest BCUT2D eigenvalue weighted by molar-refractivity contribution is -0.130. The molecule has 0 aliphatic carbocycles. The van der Waals surface area contributed by atoms with Gasteiger partial charge in [-0.1, -0.05) is 6.92 Å². The van der Waals surface area contributed by atoms with Crippen molar-refractivity contribution in [1.29, 1.82) is 0 Å². The van der Waals surface area contributed by atoms with Gasteiger partial charge in [0.15, 0.2) is 0 Å². The highest BCUT2D eigenvalue weighted by molar-refractivity contribution is 5.78. The minimum absolute atomic E-state index is 0.143. The quantitative estimate of drug-likeness (QED) is 0.364. The van der Waals surface area contributed by atoms with Gasteiger partial charge < -0.3 is 25.4 Å². The van der Waals surface area contributed by atoms with Gasteiger partial charge in [0.05, 0.1) is 19.8 Å². The van der Waals surface area contributed by atoms with Gasteiger partial charge in [0.25, 0.3) is 0 Å². The van der Waals surface area contributed by atoms with Gasteiger partial charge in [-0.05, 0) is 6.42 Å². The van der Waals surface area contributed by atoms with E-state index in [0.717, 1.165) is 6.42 Å². The standard InChI is InChI=1S/C9H19NO5/c1-2-3-15-4-8(14)10-9(5-11,6-12)7-13/h11-13H,2-7H2,1H3,(H,10,14). The lowest BCUT2D eigenvalue weighted by Gasteiger charge is -2.28. The van der Waals surface area contributed by atoms with Crippen LogP contribution in [-0.4, -0.2) is 59.8 Å². The van der Waals surface area contributed by atoms with E-state index in [1.165, 1.54) is 0 Å². The monoisotopic (exact) mass is 221 g/mol. The van der Waals surface area contributed by atoms with Crippen molar-refractivity contribution in [3.8, 4) is 0 Å². The van der Waals surface area contributed by atoms with Gasteiger partial charge in [0.2, 0.25) is 5.91 Å². The van der Waals surface area contributed by atoms with Gasteiger partial charge >= 0.3 is 0 Å². The second-order valence-corrected chi connectivity index (χ2v) is 3.36. The summed E-state index contributed by atoms with van der Waals surface area (Å²) in [7, 11) is 0. The van der Waals surface area contributed by atoms with Gasteiger partial charge in [-0.25, -0.2) is 0 Å². The molecule has 0 aromatic rings. The van der Waals surface area contributed by atoms with Crippen molar-refractivity contribution in [2.45, 2.75) is 18.9 Å². The van der Waals surface area contributed by atoms with E-state index in [-0.39, 0.29) is 6.61 Å². The molecular formula is C9H19NO5. The molecule has 0 heterocycles. The number of hydrogen-bond acceptors (Lipinski definition) is 5. The Balaban J connectivity index is 4.00. The van der Waals surface area contributed by atoms with Crippen molar-refractivity contribution in [2.75, 3.05) is 33.0 Å². The average molecular weight is 221 g/mol. The number of rotatable bonds is 8. The molecule has 1 amide bonds. The number of aliphatic hydroxyl groups excluding tert-OH is 3. The third kappa shape index (κ3) is 5.08. The minimum atomic E-state index is -1.37. The second-order valence-electron chi connectivity index (χ2n) is 3.36. The van der Waals surface area contributed by atoms with E-state index in [1.807, 2.05) is 6.92 Å². The molecule has 0 aliphatic rings. The summed E-state index contributed by atoms with van der Waals surface area (Å²) in [5.41, 5.74) is -1.37. The zero-order valence-corrected chi connectivity index (χ0v) is 8.90. The lowest BCUT2D eigenvalue weighted by Crippen LogP contribution is -2.57. The molecule has 4 N–H and O–H groups in total. The van der Waals surface area contributed by atoms with Crippen molar-refractivity contribution in [2.24, 2.45) is 0 Å². The van der Waals surface area contributed by atoms with E-state index in [9.17, 15) is 4.79 Å². The van der Waals surface area contributed by atoms with Crippen LogP contribution in [0.1, 0.15) is 13.3 Å². The summed E-state index contributed by atoms with van der Waals surface area (Å²) < 4.78 is 4.97. The molecule has 0 atom stereocenters. The molecule has 0 unspecified atom stereocenters. The SMILES string of the molecule is CCCOCC(=O)NC(CO)(CO)CO. The maximum absolute atomic E-state index is 11.2. The Hall–Kier alpha value is -0.690. The molecule has 0 bridgehead atoms. The normalized spacial score (nSPS) is 11.5. The predicted molar refractivity (Wildman–Crippen MR) is 53.2 cm³/mol. The number of ether oxygens (including phenoxy) is 1. The van der Waals surface area contributed by atoms with Crippen LogP contribution >= 0.6 is 0 Å². The Bertz CT molecular complexity index is 173. The number of carbonyl (C=O) groups is 1. The van der Waals surface area contributed by atoms with Crippen LogP contribution in [0.5, 0.6) is 0 Å². The van der Waals surface area contributed by atoms with Crippen LogP contribution < -0.4 is 5.32 Å². The molecule has 0 spiro atoms. The Kier molecular flexibility index (Phi) is 7.23. The van der Waals surface area contributed by atoms with Crippen LogP contribution in [0, 0.1) is 0 Å². The Labute approximate surface area is 88.9 Å². The molecule has 0 aromatic heterocycles.